The molecule has 0 spiro atoms. The number of hydrogen-bond acceptors (Lipinski definition) is 2. The van der Waals surface area contributed by atoms with E-state index in [1.165, 1.54) is 13.2 Å². The summed E-state index contributed by atoms with van der Waals surface area (Å²) in [6, 6.07) is 1.39. The Labute approximate surface area is 112 Å². The molecule has 0 radical (unpaired) electrons. The molecular formula is C15H19FO3. The van der Waals surface area contributed by atoms with E-state index in [4.69, 9.17) is 4.74 Å². The van der Waals surface area contributed by atoms with Crippen LogP contribution in [0, 0.1) is 12.7 Å². The fourth-order valence-electron chi connectivity index (χ4n) is 2.96. The van der Waals surface area contributed by atoms with Crippen LogP contribution in [0.5, 0.6) is 5.75 Å². The van der Waals surface area contributed by atoms with Crippen molar-refractivity contribution < 1.29 is 19.0 Å². The zero-order chi connectivity index (χ0) is 14.2. The van der Waals surface area contributed by atoms with Crippen molar-refractivity contribution in [3.05, 3.63) is 28.6 Å². The van der Waals surface area contributed by atoms with Crippen LogP contribution >= 0.6 is 0 Å². The zero-order valence-corrected chi connectivity index (χ0v) is 11.5. The van der Waals surface area contributed by atoms with Crippen molar-refractivity contribution in [1.29, 1.82) is 0 Å². The van der Waals surface area contributed by atoms with Gasteiger partial charge in [0.2, 0.25) is 0 Å². The SMILES string of the molecule is CCc1c(C2(C(=O)O)CCC2)cc(F)c(C)c1OC. The summed E-state index contributed by atoms with van der Waals surface area (Å²) >= 11 is 0. The van der Waals surface area contributed by atoms with E-state index in [9.17, 15) is 14.3 Å². The maximum absolute atomic E-state index is 14.0. The molecule has 1 fully saturated rings. The monoisotopic (exact) mass is 266 g/mol. The largest absolute Gasteiger partial charge is 0.496 e. The van der Waals surface area contributed by atoms with E-state index < -0.39 is 17.2 Å². The number of ether oxygens (including phenoxy) is 1. The summed E-state index contributed by atoms with van der Waals surface area (Å²) in [7, 11) is 1.50. The summed E-state index contributed by atoms with van der Waals surface area (Å²) in [6.45, 7) is 3.60. The second kappa shape index (κ2) is 4.83. The maximum Gasteiger partial charge on any atom is 0.314 e. The third-order valence-corrected chi connectivity index (χ3v) is 4.26. The van der Waals surface area contributed by atoms with Gasteiger partial charge in [-0.25, -0.2) is 4.39 Å². The first-order valence-electron chi connectivity index (χ1n) is 6.57. The van der Waals surface area contributed by atoms with Gasteiger partial charge in [-0.05, 0) is 43.4 Å². The first-order valence-corrected chi connectivity index (χ1v) is 6.57. The summed E-state index contributed by atoms with van der Waals surface area (Å²) in [5.74, 6) is -0.764. The molecule has 1 aliphatic rings. The van der Waals surface area contributed by atoms with E-state index >= 15 is 0 Å². The van der Waals surface area contributed by atoms with Gasteiger partial charge in [-0.15, -0.1) is 0 Å². The molecular weight excluding hydrogens is 247 g/mol. The second-order valence-corrected chi connectivity index (χ2v) is 5.14. The lowest BCUT2D eigenvalue weighted by molar-refractivity contribution is -0.147. The number of carboxylic acid groups (broad SMARTS) is 1. The molecule has 0 heterocycles. The summed E-state index contributed by atoms with van der Waals surface area (Å²) in [5.41, 5.74) is 0.938. The standard InChI is InChI=1S/C15H19FO3/c1-4-10-11(15(14(17)18)6-5-7-15)8-12(16)9(2)13(10)19-3/h8H,4-7H2,1-3H3,(H,17,18). The quantitative estimate of drug-likeness (QED) is 0.910. The molecule has 1 aromatic rings. The smallest absolute Gasteiger partial charge is 0.314 e. The number of benzene rings is 1. The Balaban J connectivity index is 2.69. The molecule has 1 aliphatic carbocycles. The van der Waals surface area contributed by atoms with Crippen molar-refractivity contribution in [3.8, 4) is 5.75 Å². The van der Waals surface area contributed by atoms with Gasteiger partial charge in [-0.3, -0.25) is 4.79 Å². The first kappa shape index (κ1) is 13.8. The zero-order valence-electron chi connectivity index (χ0n) is 11.5. The molecule has 4 heteroatoms. The van der Waals surface area contributed by atoms with Crippen molar-refractivity contribution in [1.82, 2.24) is 0 Å². The number of aliphatic carboxylic acids is 1. The Morgan fingerprint density at radius 3 is 2.53 bits per heavy atom. The minimum Gasteiger partial charge on any atom is -0.496 e. The first-order chi connectivity index (χ1) is 8.97. The van der Waals surface area contributed by atoms with Gasteiger partial charge in [0.15, 0.2) is 0 Å². The van der Waals surface area contributed by atoms with Crippen LogP contribution in [-0.2, 0) is 16.6 Å². The van der Waals surface area contributed by atoms with Crippen molar-refractivity contribution in [3.63, 3.8) is 0 Å². The predicted molar refractivity (Wildman–Crippen MR) is 70.2 cm³/mol. The average molecular weight is 266 g/mol. The molecule has 19 heavy (non-hydrogen) atoms. The number of halogens is 1. The topological polar surface area (TPSA) is 46.5 Å². The highest BCUT2D eigenvalue weighted by Crippen LogP contribution is 2.48. The van der Waals surface area contributed by atoms with Crippen LogP contribution in [0.4, 0.5) is 4.39 Å². The van der Waals surface area contributed by atoms with Crippen molar-refractivity contribution in [2.24, 2.45) is 0 Å². The summed E-state index contributed by atoms with van der Waals surface area (Å²) in [4.78, 5) is 11.6. The Morgan fingerprint density at radius 1 is 1.53 bits per heavy atom. The highest BCUT2D eigenvalue weighted by Gasteiger charge is 2.47. The number of carbonyl (C=O) groups is 1. The summed E-state index contributed by atoms with van der Waals surface area (Å²) < 4.78 is 19.3. The number of carboxylic acids is 1. The lowest BCUT2D eigenvalue weighted by atomic mass is 9.63. The third kappa shape index (κ3) is 1.90. The van der Waals surface area contributed by atoms with Crippen LogP contribution in [0.25, 0.3) is 0 Å². The molecule has 1 aromatic carbocycles. The Bertz CT molecular complexity index is 519. The van der Waals surface area contributed by atoms with Gasteiger partial charge in [0.25, 0.3) is 0 Å². The Morgan fingerprint density at radius 2 is 2.16 bits per heavy atom. The number of rotatable bonds is 4. The molecule has 1 saturated carbocycles. The average Bonchev–Trinajstić information content (AvgIpc) is 2.31. The van der Waals surface area contributed by atoms with Gasteiger partial charge in [-0.1, -0.05) is 13.3 Å². The fourth-order valence-corrected chi connectivity index (χ4v) is 2.96. The summed E-state index contributed by atoms with van der Waals surface area (Å²) in [5, 5.41) is 9.52. The highest BCUT2D eigenvalue weighted by molar-refractivity contribution is 5.83. The molecule has 1 N–H and O–H groups in total. The van der Waals surface area contributed by atoms with Crippen LogP contribution in [0.15, 0.2) is 6.07 Å². The van der Waals surface area contributed by atoms with Crippen LogP contribution in [0.3, 0.4) is 0 Å². The Hall–Kier alpha value is -1.58. The normalized spacial score (nSPS) is 16.8. The van der Waals surface area contributed by atoms with Gasteiger partial charge in [0, 0.05) is 5.56 Å². The van der Waals surface area contributed by atoms with E-state index in [1.807, 2.05) is 6.92 Å². The van der Waals surface area contributed by atoms with Crippen LogP contribution < -0.4 is 4.74 Å². The van der Waals surface area contributed by atoms with Crippen molar-refractivity contribution >= 4 is 5.97 Å². The molecule has 0 bridgehead atoms. The predicted octanol–water partition coefficient (Wildman–Crippen LogP) is 3.21. The van der Waals surface area contributed by atoms with Crippen LogP contribution in [0.1, 0.15) is 42.9 Å². The maximum atomic E-state index is 14.0. The lowest BCUT2D eigenvalue weighted by Crippen LogP contribution is -2.43. The van der Waals surface area contributed by atoms with Crippen molar-refractivity contribution in [2.45, 2.75) is 44.9 Å². The van der Waals surface area contributed by atoms with Gasteiger partial charge < -0.3 is 9.84 Å². The van der Waals surface area contributed by atoms with E-state index in [0.717, 1.165) is 12.0 Å². The van der Waals surface area contributed by atoms with E-state index in [-0.39, 0.29) is 0 Å². The molecule has 0 amide bonds. The van der Waals surface area contributed by atoms with Gasteiger partial charge in [0.05, 0.1) is 12.5 Å². The molecule has 0 unspecified atom stereocenters. The molecule has 2 rings (SSSR count). The van der Waals surface area contributed by atoms with Gasteiger partial charge in [-0.2, -0.15) is 0 Å². The van der Waals surface area contributed by atoms with Crippen LogP contribution in [-0.4, -0.2) is 18.2 Å². The summed E-state index contributed by atoms with van der Waals surface area (Å²) in [6.07, 6.45) is 2.64. The van der Waals surface area contributed by atoms with Gasteiger partial charge in [0.1, 0.15) is 11.6 Å². The third-order valence-electron chi connectivity index (χ3n) is 4.26. The van der Waals surface area contributed by atoms with E-state index in [1.54, 1.807) is 6.92 Å². The molecule has 3 nitrogen and oxygen atoms in total. The lowest BCUT2D eigenvalue weighted by Gasteiger charge is -2.40. The number of hydrogen-bond donors (Lipinski definition) is 1. The molecule has 0 saturated heterocycles. The van der Waals surface area contributed by atoms with Crippen molar-refractivity contribution in [2.75, 3.05) is 7.11 Å². The minimum absolute atomic E-state index is 0.392. The number of methoxy groups -OCH3 is 1. The van der Waals surface area contributed by atoms with Gasteiger partial charge >= 0.3 is 5.97 Å². The molecule has 0 atom stereocenters. The fraction of sp³-hybridized carbons (Fsp3) is 0.533. The minimum atomic E-state index is -0.923. The molecule has 0 aromatic heterocycles. The molecule has 104 valence electrons. The molecule has 0 aliphatic heterocycles. The highest BCUT2D eigenvalue weighted by atomic mass is 19.1. The van der Waals surface area contributed by atoms with E-state index in [0.29, 0.717) is 36.1 Å². The second-order valence-electron chi connectivity index (χ2n) is 5.14. The van der Waals surface area contributed by atoms with Crippen LogP contribution in [0.2, 0.25) is 0 Å². The Kier molecular flexibility index (Phi) is 3.52. The van der Waals surface area contributed by atoms with E-state index in [2.05, 4.69) is 0 Å².